The Labute approximate surface area is 138 Å². The van der Waals surface area contributed by atoms with E-state index in [0.29, 0.717) is 26.0 Å². The molecule has 1 atom stereocenters. The van der Waals surface area contributed by atoms with Crippen LogP contribution in [-0.4, -0.2) is 24.2 Å². The Kier molecular flexibility index (Phi) is 7.59. The zero-order chi connectivity index (χ0) is 17.3. The van der Waals surface area contributed by atoms with Gasteiger partial charge in [-0.1, -0.05) is 37.3 Å². The summed E-state index contributed by atoms with van der Waals surface area (Å²) in [7, 11) is 0. The first-order valence-corrected chi connectivity index (χ1v) is 7.95. The molecule has 1 amide bonds. The Morgan fingerprint density at radius 3 is 2.43 bits per heavy atom. The predicted octanol–water partition coefficient (Wildman–Crippen LogP) is 3.67. The summed E-state index contributed by atoms with van der Waals surface area (Å²) in [5.41, 5.74) is 0.471. The molecule has 0 aliphatic rings. The van der Waals surface area contributed by atoms with E-state index in [9.17, 15) is 9.59 Å². The molecule has 5 heteroatoms. The lowest BCUT2D eigenvalue weighted by atomic mass is 10.1. The normalized spacial score (nSPS) is 12.3. The minimum Gasteiger partial charge on any atom is -0.461 e. The maximum atomic E-state index is 11.9. The maximum absolute atomic E-state index is 11.9. The molecule has 0 radical (unpaired) electrons. The van der Waals surface area contributed by atoms with Crippen LogP contribution in [0.25, 0.3) is 0 Å². The van der Waals surface area contributed by atoms with Gasteiger partial charge >= 0.3 is 12.1 Å². The zero-order valence-corrected chi connectivity index (χ0v) is 14.4. The van der Waals surface area contributed by atoms with Gasteiger partial charge in [0.2, 0.25) is 0 Å². The van der Waals surface area contributed by atoms with Crippen molar-refractivity contribution in [3.63, 3.8) is 0 Å². The summed E-state index contributed by atoms with van der Waals surface area (Å²) in [5, 5.41) is 2.68. The van der Waals surface area contributed by atoms with Crippen LogP contribution in [0.5, 0.6) is 0 Å². The van der Waals surface area contributed by atoms with Gasteiger partial charge < -0.3 is 14.8 Å². The summed E-state index contributed by atoms with van der Waals surface area (Å²) >= 11 is 0. The van der Waals surface area contributed by atoms with Gasteiger partial charge in [0.05, 0.1) is 5.92 Å². The molecule has 0 aromatic heterocycles. The molecule has 1 aromatic rings. The molecule has 0 saturated heterocycles. The lowest BCUT2D eigenvalue weighted by Crippen LogP contribution is -2.33. The first kappa shape index (κ1) is 19.0. The standard InChI is InChI=1S/C18H27NO4/c1-14(9-8-12-19-17(21)23-18(2,3)4)16(20)22-13-15-10-6-5-7-11-15/h5-7,10-11,14H,8-9,12-13H2,1-4H3,(H,19,21). The fourth-order valence-electron chi connectivity index (χ4n) is 1.90. The molecule has 0 aliphatic heterocycles. The van der Waals surface area contributed by atoms with Crippen LogP contribution in [0.15, 0.2) is 30.3 Å². The molecule has 0 heterocycles. The van der Waals surface area contributed by atoms with E-state index in [1.807, 2.05) is 58.0 Å². The second-order valence-corrected chi connectivity index (χ2v) is 6.57. The van der Waals surface area contributed by atoms with Crippen molar-refractivity contribution in [2.24, 2.45) is 5.92 Å². The number of carbonyl (C=O) groups excluding carboxylic acids is 2. The number of hydrogen-bond acceptors (Lipinski definition) is 4. The minimum atomic E-state index is -0.501. The van der Waals surface area contributed by atoms with Crippen molar-refractivity contribution in [2.45, 2.75) is 52.7 Å². The first-order chi connectivity index (χ1) is 10.8. The highest BCUT2D eigenvalue weighted by Crippen LogP contribution is 2.10. The lowest BCUT2D eigenvalue weighted by molar-refractivity contribution is -0.149. The fourth-order valence-corrected chi connectivity index (χ4v) is 1.90. The number of esters is 1. The van der Waals surface area contributed by atoms with Crippen molar-refractivity contribution < 1.29 is 19.1 Å². The predicted molar refractivity (Wildman–Crippen MR) is 88.9 cm³/mol. The Morgan fingerprint density at radius 1 is 1.17 bits per heavy atom. The average Bonchev–Trinajstić information content (AvgIpc) is 2.48. The van der Waals surface area contributed by atoms with Gasteiger partial charge in [-0.25, -0.2) is 4.79 Å². The second-order valence-electron chi connectivity index (χ2n) is 6.57. The van der Waals surface area contributed by atoms with Gasteiger partial charge in [0.25, 0.3) is 0 Å². The Bertz CT molecular complexity index is 493. The fraction of sp³-hybridized carbons (Fsp3) is 0.556. The van der Waals surface area contributed by atoms with Crippen molar-refractivity contribution >= 4 is 12.1 Å². The number of alkyl carbamates (subject to hydrolysis) is 1. The summed E-state index contributed by atoms with van der Waals surface area (Å²) in [6, 6.07) is 9.58. The summed E-state index contributed by atoms with van der Waals surface area (Å²) in [4.78, 5) is 23.4. The van der Waals surface area contributed by atoms with Gasteiger partial charge in [0.15, 0.2) is 0 Å². The number of amides is 1. The number of hydrogen-bond donors (Lipinski definition) is 1. The Morgan fingerprint density at radius 2 is 1.83 bits per heavy atom. The van der Waals surface area contributed by atoms with Crippen molar-refractivity contribution in [3.05, 3.63) is 35.9 Å². The van der Waals surface area contributed by atoms with E-state index in [1.165, 1.54) is 0 Å². The van der Waals surface area contributed by atoms with Gasteiger partial charge in [0, 0.05) is 6.54 Å². The first-order valence-electron chi connectivity index (χ1n) is 7.95. The molecule has 1 unspecified atom stereocenters. The van der Waals surface area contributed by atoms with Gasteiger partial charge in [-0.3, -0.25) is 4.79 Å². The summed E-state index contributed by atoms with van der Waals surface area (Å²) in [6.45, 7) is 8.05. The van der Waals surface area contributed by atoms with Crippen molar-refractivity contribution in [1.82, 2.24) is 5.32 Å². The third-order valence-corrected chi connectivity index (χ3v) is 3.11. The number of benzene rings is 1. The van der Waals surface area contributed by atoms with Crippen LogP contribution in [0.2, 0.25) is 0 Å². The SMILES string of the molecule is CC(CCCNC(=O)OC(C)(C)C)C(=O)OCc1ccccc1. The van der Waals surface area contributed by atoms with Crippen LogP contribution >= 0.6 is 0 Å². The number of rotatable bonds is 7. The van der Waals surface area contributed by atoms with Crippen molar-refractivity contribution in [3.8, 4) is 0 Å². The molecule has 0 bridgehead atoms. The third-order valence-electron chi connectivity index (χ3n) is 3.11. The van der Waals surface area contributed by atoms with Crippen LogP contribution in [0.3, 0.4) is 0 Å². The summed E-state index contributed by atoms with van der Waals surface area (Å²) < 4.78 is 10.4. The third kappa shape index (κ3) is 8.86. The summed E-state index contributed by atoms with van der Waals surface area (Å²) in [6.07, 6.45) is 0.918. The quantitative estimate of drug-likeness (QED) is 0.615. The van der Waals surface area contributed by atoms with Crippen molar-refractivity contribution in [1.29, 1.82) is 0 Å². The van der Waals surface area contributed by atoms with Crippen LogP contribution in [-0.2, 0) is 20.9 Å². The van der Waals surface area contributed by atoms with E-state index in [2.05, 4.69) is 5.32 Å². The number of nitrogens with one attached hydrogen (secondary N) is 1. The lowest BCUT2D eigenvalue weighted by Gasteiger charge is -2.19. The van der Waals surface area contributed by atoms with E-state index in [4.69, 9.17) is 9.47 Å². The van der Waals surface area contributed by atoms with Crippen LogP contribution in [0, 0.1) is 5.92 Å². The van der Waals surface area contributed by atoms with Crippen LogP contribution < -0.4 is 5.32 Å². The monoisotopic (exact) mass is 321 g/mol. The molecule has 0 saturated carbocycles. The highest BCUT2D eigenvalue weighted by Gasteiger charge is 2.17. The van der Waals surface area contributed by atoms with Crippen LogP contribution in [0.1, 0.15) is 46.1 Å². The highest BCUT2D eigenvalue weighted by molar-refractivity contribution is 5.72. The molecule has 1 aromatic carbocycles. The average molecular weight is 321 g/mol. The topological polar surface area (TPSA) is 64.6 Å². The largest absolute Gasteiger partial charge is 0.461 e. The van der Waals surface area contributed by atoms with Gasteiger partial charge in [-0.15, -0.1) is 0 Å². The molecular formula is C18H27NO4. The van der Waals surface area contributed by atoms with E-state index in [-0.39, 0.29) is 11.9 Å². The van der Waals surface area contributed by atoms with Crippen LogP contribution in [0.4, 0.5) is 4.79 Å². The van der Waals surface area contributed by atoms with Gasteiger partial charge in [-0.2, -0.15) is 0 Å². The Hall–Kier alpha value is -2.04. The van der Waals surface area contributed by atoms with Gasteiger partial charge in [-0.05, 0) is 39.2 Å². The summed E-state index contributed by atoms with van der Waals surface area (Å²) in [5.74, 6) is -0.412. The minimum absolute atomic E-state index is 0.195. The molecule has 0 aliphatic carbocycles. The molecule has 5 nitrogen and oxygen atoms in total. The molecule has 0 fully saturated rings. The van der Waals surface area contributed by atoms with E-state index >= 15 is 0 Å². The number of ether oxygens (including phenoxy) is 2. The van der Waals surface area contributed by atoms with E-state index < -0.39 is 11.7 Å². The maximum Gasteiger partial charge on any atom is 0.407 e. The molecule has 1 rings (SSSR count). The smallest absolute Gasteiger partial charge is 0.407 e. The molecule has 128 valence electrons. The zero-order valence-electron chi connectivity index (χ0n) is 14.4. The molecule has 0 spiro atoms. The number of carbonyl (C=O) groups is 2. The Balaban J connectivity index is 2.17. The highest BCUT2D eigenvalue weighted by atomic mass is 16.6. The second kappa shape index (κ2) is 9.18. The van der Waals surface area contributed by atoms with Gasteiger partial charge in [0.1, 0.15) is 12.2 Å². The molecule has 23 heavy (non-hydrogen) atoms. The molecule has 1 N–H and O–H groups in total. The van der Waals surface area contributed by atoms with Crippen molar-refractivity contribution in [2.75, 3.05) is 6.54 Å². The van der Waals surface area contributed by atoms with E-state index in [1.54, 1.807) is 0 Å². The molecular weight excluding hydrogens is 294 g/mol. The van der Waals surface area contributed by atoms with E-state index in [0.717, 1.165) is 5.56 Å².